The zero-order valence-corrected chi connectivity index (χ0v) is 18.2. The maximum Gasteiger partial charge on any atom is 0.265 e. The van der Waals surface area contributed by atoms with Crippen LogP contribution in [0.3, 0.4) is 0 Å². The molecular formula is C24H22ClN5O. The summed E-state index contributed by atoms with van der Waals surface area (Å²) in [7, 11) is 0. The zero-order valence-electron chi connectivity index (χ0n) is 17.5. The summed E-state index contributed by atoms with van der Waals surface area (Å²) in [5.41, 5.74) is 4.10. The van der Waals surface area contributed by atoms with Crippen molar-refractivity contribution < 1.29 is 0 Å². The van der Waals surface area contributed by atoms with Crippen LogP contribution in [0.5, 0.6) is 0 Å². The molecule has 0 atom stereocenters. The van der Waals surface area contributed by atoms with E-state index in [2.05, 4.69) is 6.92 Å². The molecule has 5 aromatic rings. The molecule has 2 aromatic carbocycles. The lowest BCUT2D eigenvalue weighted by molar-refractivity contribution is 0.579. The summed E-state index contributed by atoms with van der Waals surface area (Å²) in [5, 5.41) is 1.15. The predicted molar refractivity (Wildman–Crippen MR) is 125 cm³/mol. The summed E-state index contributed by atoms with van der Waals surface area (Å²) in [6.07, 6.45) is 2.59. The highest BCUT2D eigenvalue weighted by Gasteiger charge is 2.22. The van der Waals surface area contributed by atoms with Crippen molar-refractivity contribution in [3.05, 3.63) is 69.7 Å². The van der Waals surface area contributed by atoms with E-state index in [0.29, 0.717) is 40.2 Å². The maximum absolute atomic E-state index is 13.7. The third-order valence-electron chi connectivity index (χ3n) is 5.58. The summed E-state index contributed by atoms with van der Waals surface area (Å²) in [5.74, 6) is 0.772. The number of hydrogen-bond acceptors (Lipinski definition) is 4. The van der Waals surface area contributed by atoms with Gasteiger partial charge >= 0.3 is 0 Å². The van der Waals surface area contributed by atoms with Gasteiger partial charge in [-0.1, -0.05) is 44.0 Å². The van der Waals surface area contributed by atoms with Gasteiger partial charge in [0.05, 0.1) is 11.0 Å². The molecule has 0 fully saturated rings. The first-order valence-electron chi connectivity index (χ1n) is 10.6. The molecule has 0 aliphatic carbocycles. The number of aromatic nitrogens is 5. The highest BCUT2D eigenvalue weighted by atomic mass is 35.5. The average Bonchev–Trinajstić information content (AvgIpc) is 3.10. The standard InChI is InChI=1S/C24H22ClN5O/c1-3-5-14-29-19(4-2)28-22-20(24(29)31)21-23(27-18-9-7-6-8-17(18)26-21)30(22)16-12-10-15(25)11-13-16/h6-13H,3-5,14H2,1-2H3. The molecule has 3 heterocycles. The van der Waals surface area contributed by atoms with Gasteiger partial charge in [-0.2, -0.15) is 0 Å². The molecule has 31 heavy (non-hydrogen) atoms. The van der Waals surface area contributed by atoms with E-state index in [1.54, 1.807) is 4.57 Å². The summed E-state index contributed by atoms with van der Waals surface area (Å²) >= 11 is 6.12. The van der Waals surface area contributed by atoms with Crippen LogP contribution in [0.1, 0.15) is 32.5 Å². The lowest BCUT2D eigenvalue weighted by Gasteiger charge is -2.12. The number of para-hydroxylation sites is 2. The van der Waals surface area contributed by atoms with Crippen molar-refractivity contribution in [2.24, 2.45) is 0 Å². The number of benzene rings is 2. The SMILES string of the molecule is CCCCn1c(CC)nc2c(c1=O)c1nc3ccccc3nc1n2-c1ccc(Cl)cc1. The van der Waals surface area contributed by atoms with E-state index in [4.69, 9.17) is 26.6 Å². The Labute approximate surface area is 184 Å². The van der Waals surface area contributed by atoms with Crippen LogP contribution < -0.4 is 5.56 Å². The molecular weight excluding hydrogens is 410 g/mol. The zero-order chi connectivity index (χ0) is 21.5. The molecule has 0 saturated carbocycles. The molecule has 0 amide bonds. The first kappa shape index (κ1) is 19.7. The Morgan fingerprint density at radius 3 is 2.29 bits per heavy atom. The van der Waals surface area contributed by atoms with Crippen LogP contribution in [0.4, 0.5) is 0 Å². The van der Waals surface area contributed by atoms with Crippen LogP contribution in [-0.2, 0) is 13.0 Å². The second-order valence-electron chi connectivity index (χ2n) is 7.59. The van der Waals surface area contributed by atoms with Crippen molar-refractivity contribution in [3.8, 4) is 5.69 Å². The van der Waals surface area contributed by atoms with Crippen molar-refractivity contribution in [1.82, 2.24) is 24.1 Å². The number of unbranched alkanes of at least 4 members (excludes halogenated alkanes) is 1. The summed E-state index contributed by atoms with van der Waals surface area (Å²) in [6.45, 7) is 4.79. The van der Waals surface area contributed by atoms with Crippen LogP contribution >= 0.6 is 11.6 Å². The predicted octanol–water partition coefficient (Wildman–Crippen LogP) is 5.30. The highest BCUT2D eigenvalue weighted by Crippen LogP contribution is 2.29. The maximum atomic E-state index is 13.7. The van der Waals surface area contributed by atoms with Crippen LogP contribution in [0, 0.1) is 0 Å². The highest BCUT2D eigenvalue weighted by molar-refractivity contribution is 6.30. The average molecular weight is 432 g/mol. The van der Waals surface area contributed by atoms with Gasteiger partial charge < -0.3 is 0 Å². The fourth-order valence-electron chi connectivity index (χ4n) is 4.02. The molecule has 156 valence electrons. The Kier molecular flexibility index (Phi) is 4.94. The van der Waals surface area contributed by atoms with Crippen molar-refractivity contribution >= 4 is 44.8 Å². The first-order chi connectivity index (χ1) is 15.1. The molecule has 0 radical (unpaired) electrons. The quantitative estimate of drug-likeness (QED) is 0.378. The van der Waals surface area contributed by atoms with Crippen LogP contribution in [0.25, 0.3) is 38.9 Å². The molecule has 0 saturated heterocycles. The number of rotatable bonds is 5. The molecule has 0 bridgehead atoms. The molecule has 7 heteroatoms. The van der Waals surface area contributed by atoms with E-state index in [9.17, 15) is 4.79 Å². The lowest BCUT2D eigenvalue weighted by atomic mass is 10.2. The van der Waals surface area contributed by atoms with Crippen molar-refractivity contribution in [1.29, 1.82) is 0 Å². The molecule has 6 nitrogen and oxygen atoms in total. The monoisotopic (exact) mass is 431 g/mol. The normalized spacial score (nSPS) is 11.7. The molecule has 3 aromatic heterocycles. The van der Waals surface area contributed by atoms with Gasteiger partial charge in [-0.3, -0.25) is 13.9 Å². The summed E-state index contributed by atoms with van der Waals surface area (Å²) in [6, 6.07) is 15.2. The van der Waals surface area contributed by atoms with Crippen LogP contribution in [0.2, 0.25) is 5.02 Å². The van der Waals surface area contributed by atoms with Crippen LogP contribution in [0.15, 0.2) is 53.3 Å². The third kappa shape index (κ3) is 3.18. The number of fused-ring (bicyclic) bond motifs is 4. The minimum absolute atomic E-state index is 0.0578. The molecule has 0 aliphatic heterocycles. The van der Waals surface area contributed by atoms with Gasteiger partial charge in [0.15, 0.2) is 11.3 Å². The Morgan fingerprint density at radius 1 is 0.903 bits per heavy atom. The van der Waals surface area contributed by atoms with Gasteiger partial charge in [0.1, 0.15) is 16.7 Å². The second-order valence-corrected chi connectivity index (χ2v) is 8.02. The van der Waals surface area contributed by atoms with Crippen molar-refractivity contribution in [2.45, 2.75) is 39.7 Å². The molecule has 0 unspecified atom stereocenters. The van der Waals surface area contributed by atoms with Gasteiger partial charge in [0.2, 0.25) is 0 Å². The fourth-order valence-corrected chi connectivity index (χ4v) is 4.15. The third-order valence-corrected chi connectivity index (χ3v) is 5.83. The van der Waals surface area contributed by atoms with E-state index in [-0.39, 0.29) is 5.56 Å². The number of nitrogens with zero attached hydrogens (tertiary/aromatic N) is 5. The van der Waals surface area contributed by atoms with Gasteiger partial charge in [-0.25, -0.2) is 15.0 Å². The van der Waals surface area contributed by atoms with E-state index in [1.165, 1.54) is 0 Å². The topological polar surface area (TPSA) is 65.6 Å². The van der Waals surface area contributed by atoms with Crippen LogP contribution in [-0.4, -0.2) is 24.1 Å². The number of aryl methyl sites for hydroxylation is 1. The van der Waals surface area contributed by atoms with Crippen molar-refractivity contribution in [3.63, 3.8) is 0 Å². The smallest absolute Gasteiger partial charge is 0.265 e. The van der Waals surface area contributed by atoms with E-state index in [0.717, 1.165) is 35.4 Å². The van der Waals surface area contributed by atoms with E-state index < -0.39 is 0 Å². The van der Waals surface area contributed by atoms with Gasteiger partial charge in [-0.05, 0) is 42.8 Å². The summed E-state index contributed by atoms with van der Waals surface area (Å²) in [4.78, 5) is 28.4. The first-order valence-corrected chi connectivity index (χ1v) is 11.0. The Morgan fingerprint density at radius 2 is 1.61 bits per heavy atom. The minimum Gasteiger partial charge on any atom is -0.296 e. The van der Waals surface area contributed by atoms with Crippen molar-refractivity contribution in [2.75, 3.05) is 0 Å². The minimum atomic E-state index is -0.0578. The van der Waals surface area contributed by atoms with E-state index in [1.807, 2.05) is 60.0 Å². The summed E-state index contributed by atoms with van der Waals surface area (Å²) < 4.78 is 3.72. The Balaban J connectivity index is 1.97. The van der Waals surface area contributed by atoms with Gasteiger partial charge in [0, 0.05) is 23.7 Å². The fraction of sp³-hybridized carbons (Fsp3) is 0.250. The Hall–Kier alpha value is -3.25. The molecule has 0 spiro atoms. The lowest BCUT2D eigenvalue weighted by Crippen LogP contribution is -2.25. The number of hydrogen-bond donors (Lipinski definition) is 0. The molecule has 5 rings (SSSR count). The largest absolute Gasteiger partial charge is 0.296 e. The van der Waals surface area contributed by atoms with E-state index >= 15 is 0 Å². The van der Waals surface area contributed by atoms with Gasteiger partial charge in [0.25, 0.3) is 5.56 Å². The molecule has 0 aliphatic rings. The van der Waals surface area contributed by atoms with Gasteiger partial charge in [-0.15, -0.1) is 0 Å². The Bertz CT molecular complexity index is 1480. The molecule has 0 N–H and O–H groups in total. The number of halogens is 1. The second kappa shape index (κ2) is 7.78.